The average molecular weight is 498 g/mol. The van der Waals surface area contributed by atoms with E-state index in [1.807, 2.05) is 36.0 Å². The number of furan rings is 1. The lowest BCUT2D eigenvalue weighted by Crippen LogP contribution is -2.18. The van der Waals surface area contributed by atoms with Crippen molar-refractivity contribution in [3.63, 3.8) is 0 Å². The Morgan fingerprint density at radius 2 is 1.71 bits per heavy atom. The molecule has 35 heavy (non-hydrogen) atoms. The van der Waals surface area contributed by atoms with E-state index in [1.54, 1.807) is 20.8 Å². The molecule has 0 bridgehead atoms. The highest BCUT2D eigenvalue weighted by atomic mass is 32.2. The smallest absolute Gasteiger partial charge is 0.375 e. The van der Waals surface area contributed by atoms with Crippen LogP contribution in [0.2, 0.25) is 0 Å². The molecule has 0 atom stereocenters. The molecule has 0 unspecified atom stereocenters. The average Bonchev–Trinajstić information content (AvgIpc) is 3.38. The number of aromatic amines is 1. The Morgan fingerprint density at radius 1 is 1.00 bits per heavy atom. The Hall–Kier alpha value is -3.00. The predicted molar refractivity (Wildman–Crippen MR) is 135 cm³/mol. The summed E-state index contributed by atoms with van der Waals surface area (Å²) >= 11 is 1.85. The number of carbonyl (C=O) groups excluding carboxylic acids is 3. The molecule has 0 amide bonds. The van der Waals surface area contributed by atoms with Crippen LogP contribution in [0.25, 0.3) is 11.0 Å². The number of hydrogen-bond acceptors (Lipinski definition) is 7. The van der Waals surface area contributed by atoms with Crippen LogP contribution >= 0.6 is 11.8 Å². The Bertz CT molecular complexity index is 1230. The minimum atomic E-state index is -0.684. The number of hydrogen-bond donors (Lipinski definition) is 1. The highest BCUT2D eigenvalue weighted by Gasteiger charge is 2.28. The number of esters is 2. The SMILES string of the molecule is CCOC(=O)c1c(C)[nH]c(C)c1C(=O)COC(=O)c1oc2ccccc2c1CSC1CCCCC1. The van der Waals surface area contributed by atoms with Crippen LogP contribution in [0.4, 0.5) is 0 Å². The van der Waals surface area contributed by atoms with E-state index in [0.29, 0.717) is 28.0 Å². The van der Waals surface area contributed by atoms with E-state index in [9.17, 15) is 14.4 Å². The summed E-state index contributed by atoms with van der Waals surface area (Å²) in [6.45, 7) is 4.79. The molecule has 4 rings (SSSR count). The fourth-order valence-electron chi connectivity index (χ4n) is 4.70. The molecule has 0 saturated heterocycles. The van der Waals surface area contributed by atoms with Gasteiger partial charge in [-0.2, -0.15) is 11.8 Å². The summed E-state index contributed by atoms with van der Waals surface area (Å²) in [7, 11) is 0. The van der Waals surface area contributed by atoms with Crippen molar-refractivity contribution in [2.24, 2.45) is 0 Å². The van der Waals surface area contributed by atoms with Crippen molar-refractivity contribution < 1.29 is 28.3 Å². The van der Waals surface area contributed by atoms with Crippen LogP contribution in [-0.2, 0) is 15.2 Å². The second-order valence-corrected chi connectivity index (χ2v) is 10.1. The van der Waals surface area contributed by atoms with Crippen molar-refractivity contribution in [1.82, 2.24) is 4.98 Å². The van der Waals surface area contributed by atoms with Crippen LogP contribution in [0.5, 0.6) is 0 Å². The Kier molecular flexibility index (Phi) is 8.00. The van der Waals surface area contributed by atoms with Crippen molar-refractivity contribution in [3.8, 4) is 0 Å². The van der Waals surface area contributed by atoms with Gasteiger partial charge in [0, 0.05) is 33.3 Å². The highest BCUT2D eigenvalue weighted by Crippen LogP contribution is 2.35. The number of thioether (sulfide) groups is 1. The summed E-state index contributed by atoms with van der Waals surface area (Å²) in [5.41, 5.74) is 2.85. The number of Topliss-reactive ketones (excluding diaryl/α,β-unsaturated/α-hetero) is 1. The first-order valence-corrected chi connectivity index (χ1v) is 13.1. The van der Waals surface area contributed by atoms with Gasteiger partial charge in [-0.25, -0.2) is 9.59 Å². The maximum absolute atomic E-state index is 13.1. The van der Waals surface area contributed by atoms with E-state index in [1.165, 1.54) is 32.1 Å². The summed E-state index contributed by atoms with van der Waals surface area (Å²) in [5, 5.41) is 1.46. The Morgan fingerprint density at radius 3 is 2.46 bits per heavy atom. The van der Waals surface area contributed by atoms with Gasteiger partial charge in [-0.1, -0.05) is 37.5 Å². The molecule has 1 N–H and O–H groups in total. The van der Waals surface area contributed by atoms with Gasteiger partial charge >= 0.3 is 11.9 Å². The molecule has 1 aliphatic carbocycles. The maximum Gasteiger partial charge on any atom is 0.375 e. The monoisotopic (exact) mass is 497 g/mol. The Labute approximate surface area is 208 Å². The van der Waals surface area contributed by atoms with E-state index >= 15 is 0 Å². The number of aryl methyl sites for hydroxylation is 2. The molecule has 186 valence electrons. The van der Waals surface area contributed by atoms with Crippen molar-refractivity contribution in [2.45, 2.75) is 63.9 Å². The third kappa shape index (κ3) is 5.48. The van der Waals surface area contributed by atoms with Gasteiger partial charge in [0.2, 0.25) is 11.5 Å². The number of rotatable bonds is 9. The molecule has 0 spiro atoms. The zero-order valence-corrected chi connectivity index (χ0v) is 21.2. The van der Waals surface area contributed by atoms with E-state index < -0.39 is 24.3 Å². The highest BCUT2D eigenvalue weighted by molar-refractivity contribution is 7.99. The number of aromatic nitrogens is 1. The van der Waals surface area contributed by atoms with E-state index in [-0.39, 0.29) is 23.5 Å². The number of para-hydroxylation sites is 1. The lowest BCUT2D eigenvalue weighted by atomic mass is 10.0. The van der Waals surface area contributed by atoms with Crippen LogP contribution in [-0.4, -0.2) is 41.2 Å². The standard InChI is InChI=1S/C27H31NO6S/c1-4-32-26(30)24-17(3)28-16(2)23(24)21(29)14-33-27(31)25-20(15-35-18-10-6-5-7-11-18)19-12-8-9-13-22(19)34-25/h8-9,12-13,18,28H,4-7,10-11,14-15H2,1-3H3. The zero-order valence-electron chi connectivity index (χ0n) is 20.4. The molecular formula is C27H31NO6S. The van der Waals surface area contributed by atoms with Gasteiger partial charge in [0.25, 0.3) is 0 Å². The molecule has 3 aromatic rings. The molecule has 7 nitrogen and oxygen atoms in total. The Balaban J connectivity index is 1.51. The lowest BCUT2D eigenvalue weighted by molar-refractivity contribution is 0.0443. The summed E-state index contributed by atoms with van der Waals surface area (Å²) in [6.07, 6.45) is 6.15. The largest absolute Gasteiger partial charge is 0.462 e. The van der Waals surface area contributed by atoms with Gasteiger partial charge in [0.15, 0.2) is 6.61 Å². The second-order valence-electron chi connectivity index (χ2n) is 8.82. The van der Waals surface area contributed by atoms with Crippen LogP contribution in [0.1, 0.15) is 87.2 Å². The molecular weight excluding hydrogens is 466 g/mol. The fourth-order valence-corrected chi connectivity index (χ4v) is 6.05. The van der Waals surface area contributed by atoms with Gasteiger partial charge in [-0.05, 0) is 39.7 Å². The van der Waals surface area contributed by atoms with Crippen molar-refractivity contribution in [3.05, 3.63) is 58.1 Å². The second kappa shape index (κ2) is 11.2. The third-order valence-corrected chi connectivity index (χ3v) is 7.77. The molecule has 2 aromatic heterocycles. The number of benzene rings is 1. The molecule has 0 aliphatic heterocycles. The summed E-state index contributed by atoms with van der Waals surface area (Å²) < 4.78 is 16.4. The minimum absolute atomic E-state index is 0.134. The molecule has 1 aliphatic rings. The summed E-state index contributed by atoms with van der Waals surface area (Å²) in [4.78, 5) is 41.4. The number of H-pyrrole nitrogens is 1. The van der Waals surface area contributed by atoms with Crippen LogP contribution in [0.15, 0.2) is 28.7 Å². The van der Waals surface area contributed by atoms with Crippen LogP contribution in [0, 0.1) is 13.8 Å². The van der Waals surface area contributed by atoms with Gasteiger partial charge < -0.3 is 18.9 Å². The maximum atomic E-state index is 13.1. The lowest BCUT2D eigenvalue weighted by Gasteiger charge is -2.20. The van der Waals surface area contributed by atoms with E-state index in [4.69, 9.17) is 13.9 Å². The first kappa shape index (κ1) is 25.1. The molecule has 2 heterocycles. The minimum Gasteiger partial charge on any atom is -0.462 e. The fraction of sp³-hybridized carbons (Fsp3) is 0.444. The molecule has 0 radical (unpaired) electrons. The van der Waals surface area contributed by atoms with Crippen molar-refractivity contribution in [2.75, 3.05) is 13.2 Å². The third-order valence-electron chi connectivity index (χ3n) is 6.37. The quantitative estimate of drug-likeness (QED) is 0.279. The van der Waals surface area contributed by atoms with E-state index in [0.717, 1.165) is 10.9 Å². The summed E-state index contributed by atoms with van der Waals surface area (Å²) in [6, 6.07) is 7.54. The molecule has 8 heteroatoms. The molecule has 1 saturated carbocycles. The predicted octanol–water partition coefficient (Wildman–Crippen LogP) is 6.16. The first-order valence-electron chi connectivity index (χ1n) is 12.1. The topological polar surface area (TPSA) is 98.6 Å². The van der Waals surface area contributed by atoms with Gasteiger partial charge in [-0.15, -0.1) is 0 Å². The van der Waals surface area contributed by atoms with Crippen LogP contribution in [0.3, 0.4) is 0 Å². The molecule has 1 fully saturated rings. The number of ketones is 1. The zero-order chi connectivity index (χ0) is 24.9. The normalized spacial score (nSPS) is 14.3. The molecule has 1 aromatic carbocycles. The van der Waals surface area contributed by atoms with Crippen LogP contribution < -0.4 is 0 Å². The number of nitrogens with one attached hydrogen (secondary N) is 1. The number of fused-ring (bicyclic) bond motifs is 1. The first-order chi connectivity index (χ1) is 16.9. The van der Waals surface area contributed by atoms with Crippen molar-refractivity contribution in [1.29, 1.82) is 0 Å². The number of carbonyl (C=O) groups is 3. The number of ether oxygens (including phenoxy) is 2. The van der Waals surface area contributed by atoms with Gasteiger partial charge in [-0.3, -0.25) is 4.79 Å². The van der Waals surface area contributed by atoms with Gasteiger partial charge in [0.05, 0.1) is 17.7 Å². The summed E-state index contributed by atoms with van der Waals surface area (Å²) in [5.74, 6) is -0.962. The van der Waals surface area contributed by atoms with E-state index in [2.05, 4.69) is 4.98 Å². The van der Waals surface area contributed by atoms with Gasteiger partial charge in [0.1, 0.15) is 5.58 Å². The van der Waals surface area contributed by atoms with Crippen molar-refractivity contribution >= 4 is 40.5 Å².